The molecule has 0 N–H and O–H groups in total. The lowest BCUT2D eigenvalue weighted by atomic mass is 9.70. The number of hydrogen-bond acceptors (Lipinski definition) is 3. The number of ether oxygens (including phenoxy) is 1. The van der Waals surface area contributed by atoms with Gasteiger partial charge in [-0.2, -0.15) is 0 Å². The molecule has 9 rings (SSSR count). The Bertz CT molecular complexity index is 2350. The number of hydrogen-bond donors (Lipinski definition) is 0. The SMILES string of the molecule is COc1ccccc1-c1cccc(-n2c(=O)c3c(n2C)[C@]2(C)CC[C@H]3C2(C)C)c1.Cn1c2c(c(=O)n1-c1cccc(I)c1)[C@H]1CC[C@]2(C)C1(C)C. The molecule has 2 heterocycles. The van der Waals surface area contributed by atoms with Crippen LogP contribution in [0.1, 0.15) is 102 Å². The molecule has 7 nitrogen and oxygen atoms in total. The summed E-state index contributed by atoms with van der Waals surface area (Å²) in [5.41, 5.74) is 9.32. The molecule has 4 atom stereocenters. The zero-order valence-corrected chi connectivity index (χ0v) is 33.5. The number of halogens is 1. The van der Waals surface area contributed by atoms with Crippen molar-refractivity contribution < 1.29 is 4.74 Å². The van der Waals surface area contributed by atoms with Crippen LogP contribution in [0.25, 0.3) is 22.5 Å². The van der Waals surface area contributed by atoms with Gasteiger partial charge in [0.2, 0.25) is 0 Å². The molecule has 266 valence electrons. The van der Waals surface area contributed by atoms with Gasteiger partial charge in [-0.05, 0) is 113 Å². The van der Waals surface area contributed by atoms with Crippen LogP contribution in [0.2, 0.25) is 0 Å². The maximum Gasteiger partial charge on any atom is 0.275 e. The fraction of sp³-hybridized carbons (Fsp3) is 0.442. The highest BCUT2D eigenvalue weighted by molar-refractivity contribution is 14.1. The standard InChI is InChI=1S/C25H28N2O2.C18H21IN2O/c1-24(2)19-13-14-25(24,3)22-21(19)23(28)27(26(22)4)17-10-8-9-16(15-17)18-11-6-7-12-20(18)29-5;1-17(2)13-8-9-18(17,3)15-14(13)16(22)21(20(15)4)12-7-5-6-11(19)10-12/h6-12,15,19H,13-14H2,1-5H3;5-7,10,13H,8-9H2,1-4H3/t19-,25+;13-,18+/m11/s1. The summed E-state index contributed by atoms with van der Waals surface area (Å²) >= 11 is 2.30. The fourth-order valence-corrected chi connectivity index (χ4v) is 11.5. The van der Waals surface area contributed by atoms with Crippen molar-refractivity contribution in [2.24, 2.45) is 24.9 Å². The van der Waals surface area contributed by atoms with E-state index >= 15 is 0 Å². The molecule has 5 aromatic rings. The number of methoxy groups -OCH3 is 1. The number of fused-ring (bicyclic) bond motifs is 10. The van der Waals surface area contributed by atoms with Crippen LogP contribution in [-0.4, -0.2) is 25.8 Å². The first-order valence-electron chi connectivity index (χ1n) is 18.2. The van der Waals surface area contributed by atoms with Crippen LogP contribution in [0, 0.1) is 14.4 Å². The third-order valence-corrected chi connectivity index (χ3v) is 15.0. The molecule has 2 aromatic heterocycles. The summed E-state index contributed by atoms with van der Waals surface area (Å²) in [5, 5.41) is 0. The quantitative estimate of drug-likeness (QED) is 0.171. The van der Waals surface area contributed by atoms with Gasteiger partial charge in [0.1, 0.15) is 5.75 Å². The van der Waals surface area contributed by atoms with Crippen molar-refractivity contribution in [1.29, 1.82) is 0 Å². The Balaban J connectivity index is 0.000000152. The van der Waals surface area contributed by atoms with Crippen molar-refractivity contribution >= 4 is 22.6 Å². The molecule has 8 heteroatoms. The van der Waals surface area contributed by atoms with Crippen LogP contribution >= 0.6 is 22.6 Å². The molecule has 0 radical (unpaired) electrons. The molecule has 4 bridgehead atoms. The molecule has 0 saturated heterocycles. The molecular weight excluding hydrogens is 747 g/mol. The maximum absolute atomic E-state index is 13.6. The van der Waals surface area contributed by atoms with Crippen LogP contribution < -0.4 is 15.9 Å². The van der Waals surface area contributed by atoms with Crippen molar-refractivity contribution in [3.05, 3.63) is 120 Å². The summed E-state index contributed by atoms with van der Waals surface area (Å²) in [4.78, 5) is 26.7. The Hall–Kier alpha value is -3.79. The van der Waals surface area contributed by atoms with Crippen LogP contribution in [0.15, 0.2) is 82.4 Å². The van der Waals surface area contributed by atoms with E-state index in [-0.39, 0.29) is 32.8 Å². The first-order valence-corrected chi connectivity index (χ1v) is 19.3. The number of nitrogens with zero attached hydrogens (tertiary/aromatic N) is 4. The minimum atomic E-state index is 0.0480. The Labute approximate surface area is 314 Å². The second kappa shape index (κ2) is 11.4. The van der Waals surface area contributed by atoms with E-state index in [9.17, 15) is 9.59 Å². The highest BCUT2D eigenvalue weighted by Crippen LogP contribution is 2.68. The number of rotatable bonds is 4. The zero-order valence-electron chi connectivity index (χ0n) is 31.3. The van der Waals surface area contributed by atoms with Gasteiger partial charge < -0.3 is 4.74 Å². The normalized spacial score (nSPS) is 25.8. The van der Waals surface area contributed by atoms with Crippen molar-refractivity contribution in [2.75, 3.05) is 7.11 Å². The third-order valence-electron chi connectivity index (χ3n) is 14.4. The van der Waals surface area contributed by atoms with Crippen molar-refractivity contribution in [2.45, 2.75) is 89.9 Å². The number of benzene rings is 3. The van der Waals surface area contributed by atoms with E-state index in [1.807, 2.05) is 65.9 Å². The van der Waals surface area contributed by atoms with Gasteiger partial charge in [-0.3, -0.25) is 19.0 Å². The molecule has 4 aliphatic rings. The molecule has 0 unspecified atom stereocenters. The fourth-order valence-electron chi connectivity index (χ4n) is 10.9. The van der Waals surface area contributed by atoms with Crippen molar-refractivity contribution in [1.82, 2.24) is 18.7 Å². The average Bonchev–Trinajstić information content (AvgIpc) is 3.79. The molecular formula is C43H49IN4O3. The smallest absolute Gasteiger partial charge is 0.275 e. The lowest BCUT2D eigenvalue weighted by molar-refractivity contribution is 0.218. The first kappa shape index (κ1) is 34.3. The summed E-state index contributed by atoms with van der Waals surface area (Å²) in [6, 6.07) is 24.3. The second-order valence-corrected chi connectivity index (χ2v) is 18.1. The van der Waals surface area contributed by atoms with Gasteiger partial charge in [0.15, 0.2) is 0 Å². The number of para-hydroxylation sites is 1. The second-order valence-electron chi connectivity index (χ2n) is 16.8. The Morgan fingerprint density at radius 1 is 0.667 bits per heavy atom. The van der Waals surface area contributed by atoms with E-state index < -0.39 is 0 Å². The zero-order chi connectivity index (χ0) is 36.4. The summed E-state index contributed by atoms with van der Waals surface area (Å²) < 4.78 is 14.6. The maximum atomic E-state index is 13.6. The molecule has 3 aromatic carbocycles. The lowest BCUT2D eigenvalue weighted by Gasteiger charge is -2.36. The molecule has 0 amide bonds. The van der Waals surface area contributed by atoms with Crippen molar-refractivity contribution in [3.8, 4) is 28.3 Å². The summed E-state index contributed by atoms with van der Waals surface area (Å²) in [6.07, 6.45) is 4.58. The van der Waals surface area contributed by atoms with E-state index in [1.165, 1.54) is 17.8 Å². The minimum absolute atomic E-state index is 0.0480. The van der Waals surface area contributed by atoms with Gasteiger partial charge in [-0.15, -0.1) is 0 Å². The third kappa shape index (κ3) is 4.40. The Morgan fingerprint density at radius 3 is 1.65 bits per heavy atom. The number of aromatic nitrogens is 4. The largest absolute Gasteiger partial charge is 0.496 e. The van der Waals surface area contributed by atoms with Gasteiger partial charge in [0, 0.05) is 45.2 Å². The molecule has 0 spiro atoms. The topological polar surface area (TPSA) is 63.1 Å². The monoisotopic (exact) mass is 796 g/mol. The summed E-state index contributed by atoms with van der Waals surface area (Å²) in [7, 11) is 5.77. The van der Waals surface area contributed by atoms with E-state index in [2.05, 4.69) is 104 Å². The molecule has 2 fully saturated rings. The molecule has 4 aliphatic carbocycles. The van der Waals surface area contributed by atoms with Gasteiger partial charge in [0.25, 0.3) is 11.1 Å². The van der Waals surface area contributed by atoms with E-state index in [0.29, 0.717) is 11.8 Å². The van der Waals surface area contributed by atoms with Gasteiger partial charge in [0.05, 0.1) is 29.9 Å². The van der Waals surface area contributed by atoms with E-state index in [1.54, 1.807) is 7.11 Å². The van der Waals surface area contributed by atoms with Crippen molar-refractivity contribution in [3.63, 3.8) is 0 Å². The summed E-state index contributed by atoms with van der Waals surface area (Å²) in [6.45, 7) is 14.0. The Morgan fingerprint density at radius 2 is 1.16 bits per heavy atom. The average molecular weight is 797 g/mol. The molecule has 0 aliphatic heterocycles. The van der Waals surface area contributed by atoms with E-state index in [4.69, 9.17) is 4.74 Å². The van der Waals surface area contributed by atoms with Gasteiger partial charge >= 0.3 is 0 Å². The van der Waals surface area contributed by atoms with Crippen LogP contribution in [-0.2, 0) is 24.9 Å². The lowest BCUT2D eigenvalue weighted by Crippen LogP contribution is -2.35. The van der Waals surface area contributed by atoms with Crippen LogP contribution in [0.3, 0.4) is 0 Å². The van der Waals surface area contributed by atoms with Crippen LogP contribution in [0.5, 0.6) is 5.75 Å². The minimum Gasteiger partial charge on any atom is -0.496 e. The first-order chi connectivity index (χ1) is 24.1. The van der Waals surface area contributed by atoms with Crippen LogP contribution in [0.4, 0.5) is 0 Å². The Kier molecular flexibility index (Phi) is 7.64. The molecule has 2 saturated carbocycles. The summed E-state index contributed by atoms with van der Waals surface area (Å²) in [5.74, 6) is 1.58. The highest BCUT2D eigenvalue weighted by Gasteiger charge is 2.63. The highest BCUT2D eigenvalue weighted by atomic mass is 127. The van der Waals surface area contributed by atoms with E-state index in [0.717, 1.165) is 62.2 Å². The predicted molar refractivity (Wildman–Crippen MR) is 213 cm³/mol. The molecule has 51 heavy (non-hydrogen) atoms. The predicted octanol–water partition coefficient (Wildman–Crippen LogP) is 8.98. The van der Waals surface area contributed by atoms with Gasteiger partial charge in [-0.25, -0.2) is 9.36 Å². The van der Waals surface area contributed by atoms with Gasteiger partial charge in [-0.1, -0.05) is 77.9 Å².